The molecular weight excluding hydrogens is 290 g/mol. The Balaban J connectivity index is 2.18. The Hall–Kier alpha value is -1.63. The lowest BCUT2D eigenvalue weighted by atomic mass is 9.96. The molecule has 2 rings (SSSR count). The Morgan fingerprint density at radius 2 is 1.86 bits per heavy atom. The van der Waals surface area contributed by atoms with Crippen molar-refractivity contribution in [3.05, 3.63) is 35.6 Å². The van der Waals surface area contributed by atoms with Gasteiger partial charge < -0.3 is 5.11 Å². The van der Waals surface area contributed by atoms with Gasteiger partial charge >= 0.3 is 12.1 Å². The number of hydrogen-bond donors (Lipinski definition) is 1. The molecule has 3 nitrogen and oxygen atoms in total. The predicted octanol–water partition coefficient (Wildman–Crippen LogP) is 3.08. The van der Waals surface area contributed by atoms with E-state index in [2.05, 4.69) is 0 Å². The first-order chi connectivity index (χ1) is 9.70. The van der Waals surface area contributed by atoms with E-state index < -0.39 is 35.8 Å². The average molecular weight is 305 g/mol. The molecule has 1 aromatic carbocycles. The first-order valence-electron chi connectivity index (χ1n) is 6.49. The van der Waals surface area contributed by atoms with E-state index in [-0.39, 0.29) is 13.1 Å². The second-order valence-corrected chi connectivity index (χ2v) is 5.27. The summed E-state index contributed by atoms with van der Waals surface area (Å²) in [6, 6.07) is 5.06. The molecule has 0 aromatic heterocycles. The molecule has 0 radical (unpaired) electrons. The number of likely N-dealkylation sites (tertiary alicyclic amines) is 1. The van der Waals surface area contributed by atoms with Gasteiger partial charge in [0, 0.05) is 19.1 Å². The van der Waals surface area contributed by atoms with Gasteiger partial charge in [0.25, 0.3) is 0 Å². The van der Waals surface area contributed by atoms with Crippen LogP contribution in [0.15, 0.2) is 24.3 Å². The quantitative estimate of drug-likeness (QED) is 0.873. The van der Waals surface area contributed by atoms with E-state index in [1.807, 2.05) is 0 Å². The summed E-state index contributed by atoms with van der Waals surface area (Å²) in [5.74, 6) is -5.21. The van der Waals surface area contributed by atoms with Gasteiger partial charge in [-0.05, 0) is 24.6 Å². The normalized spacial score (nSPS) is 25.0. The smallest absolute Gasteiger partial charge is 0.393 e. The third kappa shape index (κ3) is 3.34. The number of aliphatic carboxylic acids is 1. The number of carbonyl (C=O) groups is 1. The van der Waals surface area contributed by atoms with Crippen LogP contribution >= 0.6 is 0 Å². The molecule has 21 heavy (non-hydrogen) atoms. The fourth-order valence-electron chi connectivity index (χ4n) is 2.68. The number of alkyl halides is 3. The van der Waals surface area contributed by atoms with Crippen molar-refractivity contribution in [3.63, 3.8) is 0 Å². The van der Waals surface area contributed by atoms with E-state index in [1.54, 1.807) is 6.92 Å². The number of benzene rings is 1. The minimum Gasteiger partial charge on any atom is -0.481 e. The van der Waals surface area contributed by atoms with Crippen LogP contribution < -0.4 is 0 Å². The van der Waals surface area contributed by atoms with Gasteiger partial charge in [-0.15, -0.1) is 0 Å². The van der Waals surface area contributed by atoms with Gasteiger partial charge in [0.15, 0.2) is 0 Å². The highest BCUT2D eigenvalue weighted by Gasteiger charge is 2.53. The third-order valence-corrected chi connectivity index (χ3v) is 3.99. The molecule has 7 heteroatoms. The number of rotatable bonds is 3. The van der Waals surface area contributed by atoms with Gasteiger partial charge in [-0.1, -0.05) is 12.1 Å². The topological polar surface area (TPSA) is 40.5 Å². The molecule has 1 aromatic rings. The molecule has 0 spiro atoms. The Bertz CT molecular complexity index is 515. The predicted molar refractivity (Wildman–Crippen MR) is 67.1 cm³/mol. The Kier molecular flexibility index (Phi) is 4.22. The lowest BCUT2D eigenvalue weighted by Crippen LogP contribution is -2.33. The first kappa shape index (κ1) is 15.8. The van der Waals surface area contributed by atoms with Crippen LogP contribution in [0.25, 0.3) is 0 Å². The maximum Gasteiger partial charge on any atom is 0.393 e. The fourth-order valence-corrected chi connectivity index (χ4v) is 2.68. The van der Waals surface area contributed by atoms with Gasteiger partial charge in [-0.3, -0.25) is 9.69 Å². The Morgan fingerprint density at radius 1 is 1.29 bits per heavy atom. The van der Waals surface area contributed by atoms with E-state index in [1.165, 1.54) is 29.2 Å². The summed E-state index contributed by atoms with van der Waals surface area (Å²) in [7, 11) is 0. The molecule has 0 bridgehead atoms. The van der Waals surface area contributed by atoms with Crippen LogP contribution in [0.4, 0.5) is 17.6 Å². The lowest BCUT2D eigenvalue weighted by molar-refractivity contribution is -0.188. The molecule has 1 saturated heterocycles. The van der Waals surface area contributed by atoms with Crippen molar-refractivity contribution in [3.8, 4) is 0 Å². The molecule has 1 heterocycles. The Labute approximate surface area is 119 Å². The van der Waals surface area contributed by atoms with E-state index in [0.717, 1.165) is 0 Å². The second-order valence-electron chi connectivity index (χ2n) is 5.27. The summed E-state index contributed by atoms with van der Waals surface area (Å²) in [4.78, 5) is 12.5. The summed E-state index contributed by atoms with van der Waals surface area (Å²) in [5, 5.41) is 8.98. The number of carboxylic acids is 1. The standard InChI is InChI=1S/C14H15F4NO2/c1-8(9-2-4-10(15)5-3-9)19-6-11(13(20)21)12(7-19)14(16,17)18/h2-5,8,11-12H,6-7H2,1H3,(H,20,21)/t8?,11-,12-/m1/s1. The first-order valence-corrected chi connectivity index (χ1v) is 6.49. The minimum atomic E-state index is -4.54. The van der Waals surface area contributed by atoms with Crippen molar-refractivity contribution < 1.29 is 27.5 Å². The lowest BCUT2D eigenvalue weighted by Gasteiger charge is -2.25. The molecule has 1 N–H and O–H groups in total. The van der Waals surface area contributed by atoms with Crippen molar-refractivity contribution in [1.82, 2.24) is 4.90 Å². The van der Waals surface area contributed by atoms with Crippen LogP contribution in [-0.2, 0) is 4.79 Å². The van der Waals surface area contributed by atoms with Crippen molar-refractivity contribution >= 4 is 5.97 Å². The maximum absolute atomic E-state index is 12.9. The summed E-state index contributed by atoms with van der Waals surface area (Å²) in [6.07, 6.45) is -4.54. The van der Waals surface area contributed by atoms with E-state index in [0.29, 0.717) is 5.56 Å². The van der Waals surface area contributed by atoms with E-state index >= 15 is 0 Å². The van der Waals surface area contributed by atoms with E-state index in [9.17, 15) is 22.4 Å². The van der Waals surface area contributed by atoms with Gasteiger partial charge in [0.1, 0.15) is 5.82 Å². The summed E-state index contributed by atoms with van der Waals surface area (Å²) in [6.45, 7) is 1.15. The third-order valence-electron chi connectivity index (χ3n) is 3.99. The monoisotopic (exact) mass is 305 g/mol. The maximum atomic E-state index is 12.9. The van der Waals surface area contributed by atoms with Crippen LogP contribution in [0.3, 0.4) is 0 Å². The van der Waals surface area contributed by atoms with Gasteiger partial charge in [0.2, 0.25) is 0 Å². The summed E-state index contributed by atoms with van der Waals surface area (Å²) < 4.78 is 51.6. The highest BCUT2D eigenvalue weighted by atomic mass is 19.4. The fraction of sp³-hybridized carbons (Fsp3) is 0.500. The van der Waals surface area contributed by atoms with Gasteiger partial charge in [-0.25, -0.2) is 4.39 Å². The highest BCUT2D eigenvalue weighted by molar-refractivity contribution is 5.71. The highest BCUT2D eigenvalue weighted by Crippen LogP contribution is 2.40. The molecule has 3 atom stereocenters. The average Bonchev–Trinajstić information content (AvgIpc) is 2.84. The van der Waals surface area contributed by atoms with Crippen molar-refractivity contribution in [1.29, 1.82) is 0 Å². The number of halogens is 4. The SMILES string of the molecule is CC(c1ccc(F)cc1)N1C[C@@H](C(F)(F)F)[C@H](C(=O)O)C1. The molecular formula is C14H15F4NO2. The zero-order valence-electron chi connectivity index (χ0n) is 11.3. The number of hydrogen-bond acceptors (Lipinski definition) is 2. The molecule has 1 aliphatic heterocycles. The summed E-state index contributed by atoms with van der Waals surface area (Å²) in [5.41, 5.74) is 0.656. The molecule has 1 fully saturated rings. The zero-order valence-corrected chi connectivity index (χ0v) is 11.3. The van der Waals surface area contributed by atoms with Gasteiger partial charge in [0.05, 0.1) is 11.8 Å². The minimum absolute atomic E-state index is 0.169. The largest absolute Gasteiger partial charge is 0.481 e. The van der Waals surface area contributed by atoms with Crippen LogP contribution in [0.1, 0.15) is 18.5 Å². The van der Waals surface area contributed by atoms with Crippen LogP contribution in [0.5, 0.6) is 0 Å². The number of nitrogens with zero attached hydrogens (tertiary/aromatic N) is 1. The zero-order chi connectivity index (χ0) is 15.8. The van der Waals surface area contributed by atoms with Crippen molar-refractivity contribution in [2.45, 2.75) is 19.1 Å². The molecule has 0 saturated carbocycles. The van der Waals surface area contributed by atoms with Crippen molar-refractivity contribution in [2.75, 3.05) is 13.1 Å². The van der Waals surface area contributed by atoms with E-state index in [4.69, 9.17) is 5.11 Å². The molecule has 1 unspecified atom stereocenters. The van der Waals surface area contributed by atoms with Gasteiger partial charge in [-0.2, -0.15) is 13.2 Å². The Morgan fingerprint density at radius 3 is 2.29 bits per heavy atom. The molecule has 0 amide bonds. The van der Waals surface area contributed by atoms with Crippen molar-refractivity contribution in [2.24, 2.45) is 11.8 Å². The van der Waals surface area contributed by atoms with Crippen LogP contribution in [0.2, 0.25) is 0 Å². The molecule has 1 aliphatic rings. The van der Waals surface area contributed by atoms with Crippen LogP contribution in [0, 0.1) is 17.7 Å². The second kappa shape index (κ2) is 5.63. The molecule has 116 valence electrons. The number of carboxylic acid groups (broad SMARTS) is 1. The van der Waals surface area contributed by atoms with Crippen LogP contribution in [-0.4, -0.2) is 35.2 Å². The molecule has 0 aliphatic carbocycles. The summed E-state index contributed by atoms with van der Waals surface area (Å²) >= 11 is 0.